The van der Waals surface area contributed by atoms with Gasteiger partial charge in [0.1, 0.15) is 5.82 Å². The predicted octanol–water partition coefficient (Wildman–Crippen LogP) is 2.97. The minimum atomic E-state index is -0.0889. The lowest BCUT2D eigenvalue weighted by Crippen LogP contribution is -2.18. The number of carbonyl (C=O) groups excluding carboxylic acids is 1. The van der Waals surface area contributed by atoms with Gasteiger partial charge in [0.25, 0.3) is 0 Å². The van der Waals surface area contributed by atoms with Gasteiger partial charge in [0.15, 0.2) is 0 Å². The Balaban J connectivity index is 0.00000225. The molecule has 0 unspecified atom stereocenters. The zero-order valence-corrected chi connectivity index (χ0v) is 9.79. The zero-order valence-electron chi connectivity index (χ0n) is 9.79. The first-order valence-electron chi connectivity index (χ1n) is 5.21. The summed E-state index contributed by atoms with van der Waals surface area (Å²) in [5, 5.41) is 2.69. The van der Waals surface area contributed by atoms with E-state index in [0.29, 0.717) is 5.82 Å². The van der Waals surface area contributed by atoms with Crippen LogP contribution in [0.5, 0.6) is 0 Å². The average molecular weight is 208 g/mol. The van der Waals surface area contributed by atoms with E-state index in [2.05, 4.69) is 31.1 Å². The molecule has 1 aromatic heterocycles. The first kappa shape index (κ1) is 11.7. The fraction of sp³-hybridized carbons (Fsp3) is 0.500. The fourth-order valence-corrected chi connectivity index (χ4v) is 1.24. The first-order valence-corrected chi connectivity index (χ1v) is 5.21. The second kappa shape index (κ2) is 4.43. The Hall–Kier alpha value is -1.38. The first-order chi connectivity index (χ1) is 6.95. The van der Waals surface area contributed by atoms with Gasteiger partial charge in [-0.15, -0.1) is 0 Å². The molecular weight excluding hydrogens is 188 g/mol. The minimum absolute atomic E-state index is 0. The van der Waals surface area contributed by atoms with Crippen LogP contribution < -0.4 is 5.32 Å². The third-order valence-corrected chi connectivity index (χ3v) is 2.63. The molecule has 0 aliphatic rings. The number of nitrogens with one attached hydrogen (secondary N) is 1. The molecule has 0 aliphatic heterocycles. The summed E-state index contributed by atoms with van der Waals surface area (Å²) in [6, 6.07) is 5.72. The van der Waals surface area contributed by atoms with Crippen LogP contribution >= 0.6 is 0 Å². The van der Waals surface area contributed by atoms with Crippen LogP contribution in [0.2, 0.25) is 0 Å². The standard InChI is InChI=1S/C12H18N2O.H2/c1-5-12(3,4)10-7-6-8-11(14-10)13-9(2)15;/h6-8H,5H2,1-4H3,(H,13,14,15);1H. The van der Waals surface area contributed by atoms with Crippen LogP contribution in [0.15, 0.2) is 18.2 Å². The number of aromatic nitrogens is 1. The fourth-order valence-electron chi connectivity index (χ4n) is 1.24. The van der Waals surface area contributed by atoms with E-state index in [0.717, 1.165) is 12.1 Å². The Morgan fingerprint density at radius 1 is 1.53 bits per heavy atom. The molecule has 1 aromatic rings. The highest BCUT2D eigenvalue weighted by atomic mass is 16.1. The molecule has 0 bridgehead atoms. The van der Waals surface area contributed by atoms with Crippen LogP contribution in [0.3, 0.4) is 0 Å². The van der Waals surface area contributed by atoms with E-state index in [4.69, 9.17) is 0 Å². The minimum Gasteiger partial charge on any atom is -0.311 e. The number of nitrogens with zero attached hydrogens (tertiary/aromatic N) is 1. The van der Waals surface area contributed by atoms with E-state index in [-0.39, 0.29) is 12.7 Å². The van der Waals surface area contributed by atoms with Crippen molar-refractivity contribution in [1.82, 2.24) is 4.98 Å². The summed E-state index contributed by atoms with van der Waals surface area (Å²) in [4.78, 5) is 15.3. The number of anilines is 1. The van der Waals surface area contributed by atoms with Crippen molar-refractivity contribution in [3.8, 4) is 0 Å². The molecule has 1 rings (SSSR count). The lowest BCUT2D eigenvalue weighted by Gasteiger charge is -2.22. The van der Waals surface area contributed by atoms with Crippen LogP contribution in [0.4, 0.5) is 5.82 Å². The van der Waals surface area contributed by atoms with Gasteiger partial charge in [0.05, 0.1) is 0 Å². The summed E-state index contributed by atoms with van der Waals surface area (Å²) in [5.74, 6) is 0.537. The second-order valence-corrected chi connectivity index (χ2v) is 4.33. The molecule has 84 valence electrons. The molecule has 1 amide bonds. The van der Waals surface area contributed by atoms with E-state index in [1.54, 1.807) is 6.07 Å². The Kier molecular flexibility index (Phi) is 3.45. The van der Waals surface area contributed by atoms with Gasteiger partial charge in [-0.2, -0.15) is 0 Å². The van der Waals surface area contributed by atoms with E-state index in [9.17, 15) is 4.79 Å². The van der Waals surface area contributed by atoms with Gasteiger partial charge in [-0.25, -0.2) is 4.98 Å². The quantitative estimate of drug-likeness (QED) is 0.829. The number of amides is 1. The molecule has 0 radical (unpaired) electrons. The molecular formula is C12H20N2O. The van der Waals surface area contributed by atoms with Crippen molar-refractivity contribution in [3.05, 3.63) is 23.9 Å². The lowest BCUT2D eigenvalue weighted by atomic mass is 9.86. The molecule has 0 aromatic carbocycles. The molecule has 0 spiro atoms. The molecule has 0 aliphatic carbocycles. The van der Waals surface area contributed by atoms with E-state index >= 15 is 0 Å². The van der Waals surface area contributed by atoms with Gasteiger partial charge in [0, 0.05) is 19.5 Å². The molecule has 0 saturated heterocycles. The van der Waals surface area contributed by atoms with Crippen molar-refractivity contribution in [2.24, 2.45) is 0 Å². The molecule has 3 nitrogen and oxygen atoms in total. The van der Waals surface area contributed by atoms with Gasteiger partial charge >= 0.3 is 0 Å². The Labute approximate surface area is 92.4 Å². The summed E-state index contributed by atoms with van der Waals surface area (Å²) in [5.41, 5.74) is 1.06. The third kappa shape index (κ3) is 3.05. The van der Waals surface area contributed by atoms with Crippen LogP contribution in [-0.4, -0.2) is 10.9 Å². The largest absolute Gasteiger partial charge is 0.311 e. The summed E-state index contributed by atoms with van der Waals surface area (Å²) in [6.07, 6.45) is 1.02. The highest BCUT2D eigenvalue weighted by Gasteiger charge is 2.19. The highest BCUT2D eigenvalue weighted by Crippen LogP contribution is 2.25. The maximum Gasteiger partial charge on any atom is 0.222 e. The maximum atomic E-state index is 10.9. The Morgan fingerprint density at radius 3 is 2.73 bits per heavy atom. The monoisotopic (exact) mass is 208 g/mol. The summed E-state index contributed by atoms with van der Waals surface area (Å²) in [7, 11) is 0. The van der Waals surface area contributed by atoms with Crippen LogP contribution in [0.25, 0.3) is 0 Å². The predicted molar refractivity (Wildman–Crippen MR) is 64.0 cm³/mol. The number of hydrogen-bond acceptors (Lipinski definition) is 2. The molecule has 0 fully saturated rings. The molecule has 1 N–H and O–H groups in total. The Morgan fingerprint density at radius 2 is 2.20 bits per heavy atom. The maximum absolute atomic E-state index is 10.9. The summed E-state index contributed by atoms with van der Waals surface area (Å²) >= 11 is 0. The molecule has 3 heteroatoms. The number of pyridine rings is 1. The molecule has 15 heavy (non-hydrogen) atoms. The van der Waals surface area contributed by atoms with Crippen molar-refractivity contribution >= 4 is 11.7 Å². The summed E-state index contributed by atoms with van der Waals surface area (Å²) < 4.78 is 0. The van der Waals surface area contributed by atoms with Crippen LogP contribution in [0, 0.1) is 0 Å². The van der Waals surface area contributed by atoms with Crippen molar-refractivity contribution in [2.45, 2.75) is 39.5 Å². The molecule has 1 heterocycles. The van der Waals surface area contributed by atoms with E-state index < -0.39 is 0 Å². The van der Waals surface area contributed by atoms with Crippen molar-refractivity contribution in [1.29, 1.82) is 0 Å². The van der Waals surface area contributed by atoms with Crippen LogP contribution in [0.1, 0.15) is 41.2 Å². The van der Waals surface area contributed by atoms with Gasteiger partial charge in [-0.1, -0.05) is 26.8 Å². The second-order valence-electron chi connectivity index (χ2n) is 4.33. The van der Waals surface area contributed by atoms with E-state index in [1.165, 1.54) is 6.92 Å². The topological polar surface area (TPSA) is 42.0 Å². The summed E-state index contributed by atoms with van der Waals surface area (Å²) in [6.45, 7) is 7.91. The number of carbonyl (C=O) groups is 1. The molecule has 0 atom stereocenters. The zero-order chi connectivity index (χ0) is 11.5. The number of rotatable bonds is 3. The third-order valence-electron chi connectivity index (χ3n) is 2.63. The average Bonchev–Trinajstić information content (AvgIpc) is 2.17. The lowest BCUT2D eigenvalue weighted by molar-refractivity contribution is -0.114. The van der Waals surface area contributed by atoms with Crippen molar-refractivity contribution < 1.29 is 6.22 Å². The highest BCUT2D eigenvalue weighted by molar-refractivity contribution is 5.87. The SMILES string of the molecule is CCC(C)(C)c1cccc(NC(C)=O)n1.[HH]. The smallest absolute Gasteiger partial charge is 0.222 e. The normalized spacial score (nSPS) is 11.2. The van der Waals surface area contributed by atoms with Crippen LogP contribution in [-0.2, 0) is 10.2 Å². The van der Waals surface area contributed by atoms with Crippen molar-refractivity contribution in [2.75, 3.05) is 5.32 Å². The Bertz CT molecular complexity index is 364. The van der Waals surface area contributed by atoms with E-state index in [1.807, 2.05) is 12.1 Å². The van der Waals surface area contributed by atoms with Gasteiger partial charge in [-0.3, -0.25) is 4.79 Å². The van der Waals surface area contributed by atoms with Crippen molar-refractivity contribution in [3.63, 3.8) is 0 Å². The molecule has 0 saturated carbocycles. The van der Waals surface area contributed by atoms with Gasteiger partial charge < -0.3 is 5.32 Å². The van der Waals surface area contributed by atoms with Gasteiger partial charge in [-0.05, 0) is 18.6 Å². The number of hydrogen-bond donors (Lipinski definition) is 1. The van der Waals surface area contributed by atoms with Gasteiger partial charge in [0.2, 0.25) is 5.91 Å².